The number of nitrogens with zero attached hydrogens (tertiary/aromatic N) is 2. The molecule has 1 aromatic heterocycles. The molecule has 1 aromatic carbocycles. The van der Waals surface area contributed by atoms with Crippen LogP contribution in [0.25, 0.3) is 0 Å². The van der Waals surface area contributed by atoms with Crippen molar-refractivity contribution in [2.75, 3.05) is 5.32 Å². The normalized spacial score (nSPS) is 10.4. The minimum absolute atomic E-state index is 0.103. The molecule has 0 aliphatic rings. The van der Waals surface area contributed by atoms with Gasteiger partial charge in [0, 0.05) is 23.7 Å². The standard InChI is InChI=1S/C13H15N3O3/c1-3-10-7-15-13(19-10)8-14-11-5-4-6-12(9(11)2)16(17)18/h4-7,14H,3,8H2,1-2H3. The van der Waals surface area contributed by atoms with Gasteiger partial charge in [0.25, 0.3) is 5.69 Å². The summed E-state index contributed by atoms with van der Waals surface area (Å²) in [5.41, 5.74) is 1.42. The number of anilines is 1. The average molecular weight is 261 g/mol. The van der Waals surface area contributed by atoms with Crippen molar-refractivity contribution < 1.29 is 9.34 Å². The van der Waals surface area contributed by atoms with Crippen LogP contribution in [0.1, 0.15) is 24.1 Å². The van der Waals surface area contributed by atoms with Gasteiger partial charge in [-0.1, -0.05) is 13.0 Å². The number of rotatable bonds is 5. The van der Waals surface area contributed by atoms with Crippen molar-refractivity contribution in [1.29, 1.82) is 0 Å². The molecule has 0 unspecified atom stereocenters. The Bertz CT molecular complexity index is 593. The summed E-state index contributed by atoms with van der Waals surface area (Å²) in [4.78, 5) is 14.6. The van der Waals surface area contributed by atoms with Gasteiger partial charge in [-0.25, -0.2) is 4.98 Å². The van der Waals surface area contributed by atoms with Gasteiger partial charge in [-0.2, -0.15) is 0 Å². The summed E-state index contributed by atoms with van der Waals surface area (Å²) in [6.45, 7) is 4.11. The third-order valence-corrected chi connectivity index (χ3v) is 2.88. The summed E-state index contributed by atoms with van der Waals surface area (Å²) in [5, 5.41) is 13.9. The lowest BCUT2D eigenvalue weighted by Crippen LogP contribution is -2.03. The molecule has 0 amide bonds. The first-order chi connectivity index (χ1) is 9.11. The van der Waals surface area contributed by atoms with Gasteiger partial charge in [-0.15, -0.1) is 0 Å². The highest BCUT2D eigenvalue weighted by Crippen LogP contribution is 2.25. The maximum Gasteiger partial charge on any atom is 0.274 e. The molecule has 0 fully saturated rings. The van der Waals surface area contributed by atoms with E-state index < -0.39 is 0 Å². The summed E-state index contributed by atoms with van der Waals surface area (Å²) < 4.78 is 5.46. The average Bonchev–Trinajstić information content (AvgIpc) is 2.85. The van der Waals surface area contributed by atoms with Crippen molar-refractivity contribution in [3.8, 4) is 0 Å². The first kappa shape index (κ1) is 13.1. The van der Waals surface area contributed by atoms with Gasteiger partial charge in [0.05, 0.1) is 17.7 Å². The first-order valence-electron chi connectivity index (χ1n) is 6.03. The minimum atomic E-state index is -0.388. The Hall–Kier alpha value is -2.37. The Morgan fingerprint density at radius 3 is 2.89 bits per heavy atom. The van der Waals surface area contributed by atoms with Gasteiger partial charge in [0.1, 0.15) is 5.76 Å². The number of nitrogens with one attached hydrogen (secondary N) is 1. The molecule has 1 N–H and O–H groups in total. The van der Waals surface area contributed by atoms with E-state index in [9.17, 15) is 10.1 Å². The van der Waals surface area contributed by atoms with Crippen LogP contribution in [0, 0.1) is 17.0 Å². The van der Waals surface area contributed by atoms with Gasteiger partial charge in [-0.05, 0) is 13.0 Å². The van der Waals surface area contributed by atoms with Crippen LogP contribution in [-0.4, -0.2) is 9.91 Å². The quantitative estimate of drug-likeness (QED) is 0.660. The van der Waals surface area contributed by atoms with E-state index in [4.69, 9.17) is 4.42 Å². The molecular weight excluding hydrogens is 246 g/mol. The van der Waals surface area contributed by atoms with Gasteiger partial charge in [0.2, 0.25) is 5.89 Å². The molecule has 0 saturated carbocycles. The number of hydrogen-bond donors (Lipinski definition) is 1. The molecule has 100 valence electrons. The maximum absolute atomic E-state index is 10.8. The Morgan fingerprint density at radius 2 is 2.26 bits per heavy atom. The lowest BCUT2D eigenvalue weighted by atomic mass is 10.1. The zero-order chi connectivity index (χ0) is 13.8. The molecule has 0 radical (unpaired) electrons. The van der Waals surface area contributed by atoms with E-state index in [1.165, 1.54) is 6.07 Å². The largest absolute Gasteiger partial charge is 0.444 e. The summed E-state index contributed by atoms with van der Waals surface area (Å²) in [6.07, 6.45) is 2.49. The molecule has 0 aliphatic carbocycles. The summed E-state index contributed by atoms with van der Waals surface area (Å²) in [5.74, 6) is 1.40. The van der Waals surface area contributed by atoms with Crippen LogP contribution < -0.4 is 5.32 Å². The van der Waals surface area contributed by atoms with Gasteiger partial charge in [0.15, 0.2) is 0 Å². The molecule has 6 nitrogen and oxygen atoms in total. The smallest absolute Gasteiger partial charge is 0.274 e. The number of oxazole rings is 1. The van der Waals surface area contributed by atoms with Crippen molar-refractivity contribution in [2.24, 2.45) is 0 Å². The van der Waals surface area contributed by atoms with Crippen LogP contribution in [0.5, 0.6) is 0 Å². The Balaban J connectivity index is 2.11. The van der Waals surface area contributed by atoms with E-state index in [2.05, 4.69) is 10.3 Å². The second-order valence-electron chi connectivity index (χ2n) is 4.13. The lowest BCUT2D eigenvalue weighted by molar-refractivity contribution is -0.385. The highest BCUT2D eigenvalue weighted by Gasteiger charge is 2.13. The zero-order valence-electron chi connectivity index (χ0n) is 10.8. The molecule has 19 heavy (non-hydrogen) atoms. The molecule has 0 spiro atoms. The predicted molar refractivity (Wildman–Crippen MR) is 71.0 cm³/mol. The fourth-order valence-corrected chi connectivity index (χ4v) is 1.78. The maximum atomic E-state index is 10.8. The minimum Gasteiger partial charge on any atom is -0.444 e. The van der Waals surface area contributed by atoms with Crippen molar-refractivity contribution in [1.82, 2.24) is 4.98 Å². The van der Waals surface area contributed by atoms with Crippen molar-refractivity contribution in [3.05, 3.63) is 51.7 Å². The molecule has 0 saturated heterocycles. The fourth-order valence-electron chi connectivity index (χ4n) is 1.78. The molecule has 1 heterocycles. The number of aryl methyl sites for hydroxylation is 1. The van der Waals surface area contributed by atoms with E-state index in [0.29, 0.717) is 23.7 Å². The van der Waals surface area contributed by atoms with Crippen molar-refractivity contribution >= 4 is 11.4 Å². The first-order valence-corrected chi connectivity index (χ1v) is 6.03. The monoisotopic (exact) mass is 261 g/mol. The van der Waals surface area contributed by atoms with E-state index in [0.717, 1.165) is 12.2 Å². The molecule has 0 aliphatic heterocycles. The lowest BCUT2D eigenvalue weighted by Gasteiger charge is -2.07. The summed E-state index contributed by atoms with van der Waals surface area (Å²) in [7, 11) is 0. The third-order valence-electron chi connectivity index (χ3n) is 2.88. The predicted octanol–water partition coefficient (Wildman–Crippen LogP) is 3.07. The molecule has 0 bridgehead atoms. The highest BCUT2D eigenvalue weighted by atomic mass is 16.6. The Labute approximate surface area is 110 Å². The van der Waals surface area contributed by atoms with Crippen LogP contribution in [0.3, 0.4) is 0 Å². The van der Waals surface area contributed by atoms with Crippen LogP contribution in [0.15, 0.2) is 28.8 Å². The van der Waals surface area contributed by atoms with Crippen LogP contribution in [0.4, 0.5) is 11.4 Å². The van der Waals surface area contributed by atoms with Crippen molar-refractivity contribution in [3.63, 3.8) is 0 Å². The molecular formula is C13H15N3O3. The van der Waals surface area contributed by atoms with Gasteiger partial charge in [-0.3, -0.25) is 10.1 Å². The molecule has 6 heteroatoms. The number of hydrogen-bond acceptors (Lipinski definition) is 5. The highest BCUT2D eigenvalue weighted by molar-refractivity contribution is 5.59. The second-order valence-corrected chi connectivity index (χ2v) is 4.13. The van der Waals surface area contributed by atoms with Gasteiger partial charge < -0.3 is 9.73 Å². The van der Waals surface area contributed by atoms with E-state index in [-0.39, 0.29) is 10.6 Å². The Morgan fingerprint density at radius 1 is 1.47 bits per heavy atom. The molecule has 2 aromatic rings. The number of nitro groups is 1. The SMILES string of the molecule is CCc1cnc(CNc2cccc([N+](=O)[O-])c2C)o1. The Kier molecular flexibility index (Phi) is 3.79. The van der Waals surface area contributed by atoms with Crippen LogP contribution in [0.2, 0.25) is 0 Å². The van der Waals surface area contributed by atoms with E-state index in [1.807, 2.05) is 6.92 Å². The zero-order valence-corrected chi connectivity index (χ0v) is 10.8. The third kappa shape index (κ3) is 2.90. The number of nitro benzene ring substituents is 1. The summed E-state index contributed by atoms with van der Waals surface area (Å²) in [6, 6.07) is 4.94. The summed E-state index contributed by atoms with van der Waals surface area (Å²) >= 11 is 0. The number of benzene rings is 1. The van der Waals surface area contributed by atoms with Crippen LogP contribution >= 0.6 is 0 Å². The van der Waals surface area contributed by atoms with E-state index >= 15 is 0 Å². The second kappa shape index (κ2) is 5.51. The molecule has 0 atom stereocenters. The fraction of sp³-hybridized carbons (Fsp3) is 0.308. The molecule has 2 rings (SSSR count). The topological polar surface area (TPSA) is 81.2 Å². The van der Waals surface area contributed by atoms with Crippen molar-refractivity contribution in [2.45, 2.75) is 26.8 Å². The van der Waals surface area contributed by atoms with E-state index in [1.54, 1.807) is 25.3 Å². The van der Waals surface area contributed by atoms with Crippen LogP contribution in [-0.2, 0) is 13.0 Å². The number of aromatic nitrogens is 1. The van der Waals surface area contributed by atoms with Gasteiger partial charge >= 0.3 is 0 Å².